The maximum atomic E-state index is 17.2. The number of β-amino-alcohol motifs (C(OH)–C–C–N with tert-alkyl or cyclic N) is 1. The molecule has 4 amide bonds. The van der Waals surface area contributed by atoms with Crippen LogP contribution in [-0.2, 0) is 19.2 Å². The largest absolute Gasteiger partial charge is 0.508 e. The van der Waals surface area contributed by atoms with Crippen LogP contribution in [0.4, 0.5) is 10.2 Å². The van der Waals surface area contributed by atoms with E-state index in [2.05, 4.69) is 36.9 Å². The Kier molecular flexibility index (Phi) is 17.3. The first-order chi connectivity index (χ1) is 40.6. The Balaban J connectivity index is 0.650. The number of hydrogen-bond acceptors (Lipinski definition) is 15. The lowest BCUT2D eigenvalue weighted by Crippen LogP contribution is -2.73. The molecule has 0 radical (unpaired) electrons. The molecule has 18 nitrogen and oxygen atoms in total. The number of aromatic nitrogens is 3. The zero-order chi connectivity index (χ0) is 60.1. The number of rotatable bonds is 17. The molecule has 5 aliphatic heterocycles. The summed E-state index contributed by atoms with van der Waals surface area (Å²) in [5, 5.41) is 29.6. The van der Waals surface area contributed by atoms with Crippen molar-refractivity contribution < 1.29 is 38.5 Å². The number of amides is 4. The third-order valence-corrected chi connectivity index (χ3v) is 19.0. The summed E-state index contributed by atoms with van der Waals surface area (Å²) >= 11 is 8.55. The Hall–Kier alpha value is -6.81. The molecule has 0 aliphatic carbocycles. The molecule has 4 N–H and O–H groups in total. The number of nitrogens with one attached hydrogen (secondary N) is 2. The number of anilines is 1. The average Bonchev–Trinajstić information content (AvgIpc) is 2.31. The van der Waals surface area contributed by atoms with Crippen LogP contribution in [0, 0.1) is 29.5 Å². The molecule has 450 valence electrons. The summed E-state index contributed by atoms with van der Waals surface area (Å²) in [4.78, 5) is 81.6. The number of aliphatic hydroxyl groups excluding tert-OH is 1. The molecule has 5 aliphatic rings. The van der Waals surface area contributed by atoms with Crippen molar-refractivity contribution in [1.29, 1.82) is 0 Å². The predicted octanol–water partition coefficient (Wildman–Crippen LogP) is 7.68. The van der Waals surface area contributed by atoms with E-state index in [4.69, 9.17) is 26.3 Å². The van der Waals surface area contributed by atoms with Gasteiger partial charge < -0.3 is 45.2 Å². The topological polar surface area (TPSA) is 200 Å². The van der Waals surface area contributed by atoms with Crippen LogP contribution in [0.1, 0.15) is 71.2 Å². The normalized spacial score (nSPS) is 20.7. The van der Waals surface area contributed by atoms with Gasteiger partial charge in [0.15, 0.2) is 5.82 Å². The van der Waals surface area contributed by atoms with E-state index in [-0.39, 0.29) is 88.6 Å². The van der Waals surface area contributed by atoms with E-state index >= 15 is 4.39 Å². The van der Waals surface area contributed by atoms with E-state index in [9.17, 15) is 29.4 Å². The third-order valence-electron chi connectivity index (χ3n) is 17.7. The van der Waals surface area contributed by atoms with E-state index in [1.165, 1.54) is 17.0 Å². The second kappa shape index (κ2) is 24.5. The van der Waals surface area contributed by atoms with Gasteiger partial charge >= 0.3 is 6.01 Å². The van der Waals surface area contributed by atoms with E-state index in [0.717, 1.165) is 91.1 Å². The third kappa shape index (κ3) is 12.9. The number of ether oxygens (including phenoxy) is 1. The number of nitrogens with zero attached hydrogens (tertiary/aromatic N) is 9. The molecule has 85 heavy (non-hydrogen) atoms. The van der Waals surface area contributed by atoms with Gasteiger partial charge in [0, 0.05) is 94.8 Å². The number of phenols is 1. The van der Waals surface area contributed by atoms with Crippen molar-refractivity contribution >= 4 is 74.1 Å². The molecular formula is C64H77ClFN11O7S. The number of phenolic OH excluding ortho intramolecular Hbond substituents is 1. The first kappa shape index (κ1) is 59.9. The first-order valence-corrected chi connectivity index (χ1v) is 30.9. The van der Waals surface area contributed by atoms with Gasteiger partial charge in [-0.15, -0.1) is 11.3 Å². The summed E-state index contributed by atoms with van der Waals surface area (Å²) in [6, 6.07) is 18.2. The number of aryl methyl sites for hydroxylation is 1. The van der Waals surface area contributed by atoms with Gasteiger partial charge in [-0.05, 0) is 110 Å². The number of benzene rings is 4. The van der Waals surface area contributed by atoms with E-state index in [1.807, 2.05) is 100 Å². The van der Waals surface area contributed by atoms with Gasteiger partial charge in [-0.2, -0.15) is 9.97 Å². The summed E-state index contributed by atoms with van der Waals surface area (Å²) in [7, 11) is 0. The van der Waals surface area contributed by atoms with E-state index in [0.29, 0.717) is 55.4 Å². The van der Waals surface area contributed by atoms with Crippen LogP contribution in [0.25, 0.3) is 43.2 Å². The molecule has 11 rings (SSSR count). The highest BCUT2D eigenvalue weighted by atomic mass is 35.5. The Labute approximate surface area is 505 Å². The minimum Gasteiger partial charge on any atom is -0.508 e. The standard InChI is InChI=1S/C64H77ClFN11O7S/c1-8-53(81)75-21-23-76(24-22-75)59-49-28-50(65)54(48-26-45(78)25-44-11-9-10-12-47(44)48)55(66)56(49)70-62(71-59)84-38(2)29-72-19-17-41(18-20-72)30-73-33-64(34-73)35-74(36-64)32-52(80)69-58(63(5,6)7)61(83)77-31-46(79)27-51(77)60(82)68-39(3)42-13-15-43(16-14-42)57-40(4)67-37-85-57/h8-16,25-26,28,37-39,41,46,51,58,78-79H,1,17-24,27,29-36H2,2-7H3,(H,68,82)(H,69,80)/t38-,39+,46-,51+,58-/m1/s1. The zero-order valence-electron chi connectivity index (χ0n) is 49.3. The smallest absolute Gasteiger partial charge is 0.319 e. The van der Waals surface area contributed by atoms with Gasteiger partial charge in [-0.3, -0.25) is 29.0 Å². The SMILES string of the molecule is C=CC(=O)N1CCN(c2nc(O[C@H](C)CN3CCC(CN4CC5(CN(CC(=O)N[C@H](C(=O)N6C[C@H](O)C[C@H]6C(=O)N[C@@H](C)c6ccc(-c7scnc7C)cc6)C(C)(C)C)C5)C4)CC3)nc3c(F)c(-c4cc(O)cc5ccccc45)c(Cl)cc23)CC1. The molecule has 0 unspecified atom stereocenters. The van der Waals surface area contributed by atoms with Crippen molar-refractivity contribution in [3.8, 4) is 33.3 Å². The fourth-order valence-electron chi connectivity index (χ4n) is 13.4. The van der Waals surface area contributed by atoms with Crippen molar-refractivity contribution in [2.45, 2.75) is 91.1 Å². The molecule has 0 saturated carbocycles. The molecule has 7 heterocycles. The van der Waals surface area contributed by atoms with Gasteiger partial charge in [-0.25, -0.2) is 9.37 Å². The van der Waals surface area contributed by atoms with Gasteiger partial charge in [0.05, 0.1) is 39.8 Å². The molecule has 5 fully saturated rings. The number of fused-ring (bicyclic) bond motifs is 2. The highest BCUT2D eigenvalue weighted by Crippen LogP contribution is 2.44. The lowest BCUT2D eigenvalue weighted by molar-refractivity contribution is -0.147. The number of carbonyl (C=O) groups excluding carboxylic acids is 4. The van der Waals surface area contributed by atoms with Crippen LogP contribution >= 0.6 is 22.9 Å². The van der Waals surface area contributed by atoms with Crippen LogP contribution in [0.2, 0.25) is 5.02 Å². The molecule has 5 saturated heterocycles. The van der Waals surface area contributed by atoms with Crippen molar-refractivity contribution in [3.63, 3.8) is 0 Å². The van der Waals surface area contributed by atoms with E-state index < -0.39 is 29.4 Å². The molecule has 1 spiro atoms. The monoisotopic (exact) mass is 1200 g/mol. The van der Waals surface area contributed by atoms with Crippen LogP contribution in [-0.4, -0.2) is 189 Å². The Morgan fingerprint density at radius 1 is 0.918 bits per heavy atom. The maximum absolute atomic E-state index is 17.2. The minimum absolute atomic E-state index is 0.00711. The second-order valence-electron chi connectivity index (χ2n) is 25.4. The number of aliphatic hydroxyl groups is 1. The summed E-state index contributed by atoms with van der Waals surface area (Å²) in [5.74, 6) is -0.790. The highest BCUT2D eigenvalue weighted by molar-refractivity contribution is 7.13. The maximum Gasteiger partial charge on any atom is 0.319 e. The summed E-state index contributed by atoms with van der Waals surface area (Å²) < 4.78 is 23.7. The van der Waals surface area contributed by atoms with Crippen LogP contribution < -0.4 is 20.3 Å². The number of likely N-dealkylation sites (tertiary alicyclic amines) is 4. The first-order valence-electron chi connectivity index (χ1n) is 29.6. The average molecular weight is 1200 g/mol. The summed E-state index contributed by atoms with van der Waals surface area (Å²) in [5.41, 5.74) is 4.84. The number of halogens is 2. The quantitative estimate of drug-likeness (QED) is 0.0649. The summed E-state index contributed by atoms with van der Waals surface area (Å²) in [6.45, 7) is 24.1. The molecular weight excluding hydrogens is 1120 g/mol. The van der Waals surface area contributed by atoms with Crippen LogP contribution in [0.15, 0.2) is 84.9 Å². The van der Waals surface area contributed by atoms with Gasteiger partial charge in [0.2, 0.25) is 23.6 Å². The lowest BCUT2D eigenvalue weighted by Gasteiger charge is -2.61. The number of thiazole rings is 1. The Morgan fingerprint density at radius 3 is 2.31 bits per heavy atom. The summed E-state index contributed by atoms with van der Waals surface area (Å²) in [6.07, 6.45) is 2.29. The molecule has 5 atom stereocenters. The minimum atomic E-state index is -0.903. The molecule has 0 bridgehead atoms. The van der Waals surface area contributed by atoms with Gasteiger partial charge in [0.1, 0.15) is 35.3 Å². The van der Waals surface area contributed by atoms with Crippen molar-refractivity contribution in [2.24, 2.45) is 16.7 Å². The predicted molar refractivity (Wildman–Crippen MR) is 329 cm³/mol. The van der Waals surface area contributed by atoms with Crippen molar-refractivity contribution in [2.75, 3.05) is 96.5 Å². The molecule has 21 heteroatoms. The number of piperidine rings is 1. The second-order valence-corrected chi connectivity index (χ2v) is 26.6. The molecule has 2 aromatic heterocycles. The Bertz CT molecular complexity index is 3500. The molecule has 6 aromatic rings. The van der Waals surface area contributed by atoms with Gasteiger partial charge in [-0.1, -0.05) is 87.5 Å². The highest BCUT2D eigenvalue weighted by Gasteiger charge is 2.52. The molecule has 4 aromatic carbocycles. The zero-order valence-corrected chi connectivity index (χ0v) is 50.9. The Morgan fingerprint density at radius 2 is 1.62 bits per heavy atom. The fourth-order valence-corrected chi connectivity index (χ4v) is 14.5. The fraction of sp³-hybridized carbons (Fsp3) is 0.484. The van der Waals surface area contributed by atoms with E-state index in [1.54, 1.807) is 28.4 Å². The van der Waals surface area contributed by atoms with Crippen molar-refractivity contribution in [1.82, 2.24) is 50.1 Å². The number of piperazine rings is 1. The van der Waals surface area contributed by atoms with Crippen molar-refractivity contribution in [3.05, 3.63) is 107 Å². The number of hydrogen-bond donors (Lipinski definition) is 4. The lowest BCUT2D eigenvalue weighted by atomic mass is 9.72. The van der Waals surface area contributed by atoms with Crippen LogP contribution in [0.5, 0.6) is 11.8 Å². The van der Waals surface area contributed by atoms with Crippen LogP contribution in [0.3, 0.4) is 0 Å². The number of carbonyl (C=O) groups is 4. The van der Waals surface area contributed by atoms with Gasteiger partial charge in [0.25, 0.3) is 0 Å². The number of aromatic hydroxyl groups is 1.